The summed E-state index contributed by atoms with van der Waals surface area (Å²) in [6.07, 6.45) is 10.5. The first kappa shape index (κ1) is 11.9. The molecule has 0 radical (unpaired) electrons. The Morgan fingerprint density at radius 2 is 1.69 bits per heavy atom. The Morgan fingerprint density at radius 1 is 1.12 bits per heavy atom. The van der Waals surface area contributed by atoms with E-state index >= 15 is 0 Å². The predicted octanol–water partition coefficient (Wildman–Crippen LogP) is 3.12. The molecule has 0 aromatic rings. The van der Waals surface area contributed by atoms with Crippen LogP contribution >= 0.6 is 0 Å². The largest absolute Gasteiger partial charge is 0.356 e. The molecule has 0 bridgehead atoms. The van der Waals surface area contributed by atoms with Crippen molar-refractivity contribution in [1.29, 1.82) is 0 Å². The smallest absolute Gasteiger partial charge is 0.223 e. The van der Waals surface area contributed by atoms with Crippen LogP contribution in [-0.2, 0) is 4.79 Å². The summed E-state index contributed by atoms with van der Waals surface area (Å²) in [6.45, 7) is 3.04. The molecule has 2 rings (SSSR count). The summed E-state index contributed by atoms with van der Waals surface area (Å²) in [4.78, 5) is 12.0. The predicted molar refractivity (Wildman–Crippen MR) is 66.1 cm³/mol. The van der Waals surface area contributed by atoms with E-state index in [1.165, 1.54) is 51.4 Å². The Balaban J connectivity index is 1.69. The minimum Gasteiger partial charge on any atom is -0.356 e. The molecule has 1 unspecified atom stereocenters. The van der Waals surface area contributed by atoms with Crippen LogP contribution < -0.4 is 5.32 Å². The van der Waals surface area contributed by atoms with Gasteiger partial charge in [-0.05, 0) is 37.5 Å². The van der Waals surface area contributed by atoms with Crippen molar-refractivity contribution in [3.63, 3.8) is 0 Å². The lowest BCUT2D eigenvalue weighted by molar-refractivity contribution is -0.126. The van der Waals surface area contributed by atoms with Gasteiger partial charge in [-0.1, -0.05) is 32.6 Å². The fraction of sp³-hybridized carbons (Fsp3) is 0.929. The maximum absolute atomic E-state index is 12.0. The van der Waals surface area contributed by atoms with Gasteiger partial charge in [0.2, 0.25) is 5.91 Å². The maximum atomic E-state index is 12.0. The first-order chi connectivity index (χ1) is 7.77. The van der Waals surface area contributed by atoms with Crippen molar-refractivity contribution >= 4 is 5.91 Å². The molecule has 1 N–H and O–H groups in total. The van der Waals surface area contributed by atoms with Crippen LogP contribution in [0.1, 0.15) is 58.3 Å². The molecule has 2 aliphatic carbocycles. The lowest BCUT2D eigenvalue weighted by atomic mass is 9.92. The molecule has 16 heavy (non-hydrogen) atoms. The normalized spacial score (nSPS) is 24.8. The van der Waals surface area contributed by atoms with E-state index in [-0.39, 0.29) is 5.92 Å². The molecular formula is C14H25NO. The number of amides is 1. The molecule has 0 aromatic heterocycles. The van der Waals surface area contributed by atoms with Crippen LogP contribution in [0.15, 0.2) is 0 Å². The van der Waals surface area contributed by atoms with Gasteiger partial charge >= 0.3 is 0 Å². The number of carbonyl (C=O) groups excluding carboxylic acids is 1. The van der Waals surface area contributed by atoms with E-state index < -0.39 is 0 Å². The second-order valence-electron chi connectivity index (χ2n) is 5.73. The average molecular weight is 223 g/mol. The number of nitrogens with one attached hydrogen (secondary N) is 1. The molecule has 2 nitrogen and oxygen atoms in total. The van der Waals surface area contributed by atoms with Crippen LogP contribution in [0.2, 0.25) is 0 Å². The molecule has 1 atom stereocenters. The van der Waals surface area contributed by atoms with Gasteiger partial charge in [0.05, 0.1) is 0 Å². The molecule has 2 saturated carbocycles. The Hall–Kier alpha value is -0.530. The van der Waals surface area contributed by atoms with E-state index in [1.807, 2.05) is 0 Å². The molecule has 0 spiro atoms. The van der Waals surface area contributed by atoms with Crippen molar-refractivity contribution in [2.75, 3.05) is 6.54 Å². The Bertz CT molecular complexity index is 227. The van der Waals surface area contributed by atoms with Gasteiger partial charge < -0.3 is 5.32 Å². The molecule has 92 valence electrons. The zero-order valence-electron chi connectivity index (χ0n) is 10.5. The van der Waals surface area contributed by atoms with E-state index in [4.69, 9.17) is 0 Å². The second-order valence-corrected chi connectivity index (χ2v) is 5.73. The minimum atomic E-state index is 0.240. The van der Waals surface area contributed by atoms with Crippen LogP contribution in [0.25, 0.3) is 0 Å². The third kappa shape index (κ3) is 2.99. The van der Waals surface area contributed by atoms with Gasteiger partial charge in [0.1, 0.15) is 0 Å². The van der Waals surface area contributed by atoms with E-state index in [2.05, 4.69) is 12.2 Å². The Labute approximate surface area is 99.2 Å². The molecule has 0 saturated heterocycles. The highest BCUT2D eigenvalue weighted by Gasteiger charge is 2.27. The van der Waals surface area contributed by atoms with E-state index in [0.29, 0.717) is 11.8 Å². The molecule has 0 aliphatic heterocycles. The van der Waals surface area contributed by atoms with Crippen molar-refractivity contribution < 1.29 is 4.79 Å². The summed E-state index contributed by atoms with van der Waals surface area (Å²) in [5.41, 5.74) is 0. The number of hydrogen-bond donors (Lipinski definition) is 1. The molecule has 0 heterocycles. The third-order valence-corrected chi connectivity index (χ3v) is 4.56. The number of carbonyl (C=O) groups is 1. The average Bonchev–Trinajstić information content (AvgIpc) is 2.96. The highest BCUT2D eigenvalue weighted by atomic mass is 16.1. The third-order valence-electron chi connectivity index (χ3n) is 4.56. The summed E-state index contributed by atoms with van der Waals surface area (Å²) >= 11 is 0. The first-order valence-corrected chi connectivity index (χ1v) is 7.05. The lowest BCUT2D eigenvalue weighted by Crippen LogP contribution is -2.35. The summed E-state index contributed by atoms with van der Waals surface area (Å²) in [6, 6.07) is 0. The maximum Gasteiger partial charge on any atom is 0.223 e. The molecule has 1 amide bonds. The van der Waals surface area contributed by atoms with E-state index in [1.54, 1.807) is 0 Å². The van der Waals surface area contributed by atoms with Gasteiger partial charge in [-0.2, -0.15) is 0 Å². The zero-order valence-corrected chi connectivity index (χ0v) is 10.5. The van der Waals surface area contributed by atoms with Crippen molar-refractivity contribution in [3.05, 3.63) is 0 Å². The van der Waals surface area contributed by atoms with Crippen LogP contribution in [-0.4, -0.2) is 12.5 Å². The SMILES string of the molecule is CC(C(=O)NCC1CCCC1)C1CCCC1. The van der Waals surface area contributed by atoms with Crippen molar-refractivity contribution in [3.8, 4) is 0 Å². The summed E-state index contributed by atoms with van der Waals surface area (Å²) in [5, 5.41) is 3.16. The lowest BCUT2D eigenvalue weighted by Gasteiger charge is -2.19. The van der Waals surface area contributed by atoms with Gasteiger partial charge in [0.25, 0.3) is 0 Å². The van der Waals surface area contributed by atoms with Gasteiger partial charge in [-0.25, -0.2) is 0 Å². The van der Waals surface area contributed by atoms with Crippen LogP contribution in [0.4, 0.5) is 0 Å². The van der Waals surface area contributed by atoms with Crippen LogP contribution in [0.3, 0.4) is 0 Å². The standard InChI is InChI=1S/C14H25NO/c1-11(13-8-4-5-9-13)14(16)15-10-12-6-2-3-7-12/h11-13H,2-10H2,1H3,(H,15,16). The fourth-order valence-electron chi connectivity index (χ4n) is 3.29. The van der Waals surface area contributed by atoms with Gasteiger partial charge in [-0.3, -0.25) is 4.79 Å². The molecule has 0 aromatic carbocycles. The first-order valence-electron chi connectivity index (χ1n) is 7.05. The summed E-state index contributed by atoms with van der Waals surface area (Å²) < 4.78 is 0. The molecule has 2 heteroatoms. The number of rotatable bonds is 4. The highest BCUT2D eigenvalue weighted by Crippen LogP contribution is 2.31. The zero-order chi connectivity index (χ0) is 11.4. The van der Waals surface area contributed by atoms with Crippen molar-refractivity contribution in [2.45, 2.75) is 58.3 Å². The van der Waals surface area contributed by atoms with Crippen molar-refractivity contribution in [2.24, 2.45) is 17.8 Å². The Morgan fingerprint density at radius 3 is 2.31 bits per heavy atom. The van der Waals surface area contributed by atoms with Crippen molar-refractivity contribution in [1.82, 2.24) is 5.32 Å². The van der Waals surface area contributed by atoms with Crippen LogP contribution in [0, 0.1) is 17.8 Å². The minimum absolute atomic E-state index is 0.240. The summed E-state index contributed by atoms with van der Waals surface area (Å²) in [7, 11) is 0. The van der Waals surface area contributed by atoms with Gasteiger partial charge in [0.15, 0.2) is 0 Å². The van der Waals surface area contributed by atoms with Gasteiger partial charge in [0, 0.05) is 12.5 Å². The van der Waals surface area contributed by atoms with E-state index in [9.17, 15) is 4.79 Å². The second kappa shape index (κ2) is 5.70. The molecular weight excluding hydrogens is 198 g/mol. The molecule has 2 aliphatic rings. The molecule has 2 fully saturated rings. The Kier molecular flexibility index (Phi) is 4.25. The highest BCUT2D eigenvalue weighted by molar-refractivity contribution is 5.78. The number of hydrogen-bond acceptors (Lipinski definition) is 1. The topological polar surface area (TPSA) is 29.1 Å². The van der Waals surface area contributed by atoms with Crippen LogP contribution in [0.5, 0.6) is 0 Å². The quantitative estimate of drug-likeness (QED) is 0.779. The van der Waals surface area contributed by atoms with Gasteiger partial charge in [-0.15, -0.1) is 0 Å². The fourth-order valence-corrected chi connectivity index (χ4v) is 3.29. The van der Waals surface area contributed by atoms with E-state index in [0.717, 1.165) is 12.5 Å². The monoisotopic (exact) mass is 223 g/mol. The summed E-state index contributed by atoms with van der Waals surface area (Å²) in [5.74, 6) is 1.96.